The lowest BCUT2D eigenvalue weighted by Crippen LogP contribution is -2.28. The molecule has 0 bridgehead atoms. The second kappa shape index (κ2) is 7.56. The molecule has 0 aromatic rings. The zero-order chi connectivity index (χ0) is 9.40. The van der Waals surface area contributed by atoms with Crippen molar-refractivity contribution in [2.75, 3.05) is 26.2 Å². The van der Waals surface area contributed by atoms with Crippen LogP contribution in [0.1, 0.15) is 33.6 Å². The van der Waals surface area contributed by atoms with E-state index >= 15 is 0 Å². The van der Waals surface area contributed by atoms with Crippen molar-refractivity contribution in [1.82, 2.24) is 4.90 Å². The quantitative estimate of drug-likeness (QED) is 0.592. The SMILES string of the molecule is CCN(CCCCN)CC(C)C. The molecule has 0 saturated carbocycles. The molecule has 0 fully saturated rings. The Labute approximate surface area is 77.1 Å². The van der Waals surface area contributed by atoms with Gasteiger partial charge in [-0.3, -0.25) is 0 Å². The first-order chi connectivity index (χ1) is 5.70. The highest BCUT2D eigenvalue weighted by Gasteiger charge is 2.03. The van der Waals surface area contributed by atoms with Crippen LogP contribution in [0.2, 0.25) is 0 Å². The van der Waals surface area contributed by atoms with Gasteiger partial charge in [0.25, 0.3) is 0 Å². The predicted molar refractivity (Wildman–Crippen MR) is 55.2 cm³/mol. The number of hydrogen-bond acceptors (Lipinski definition) is 2. The van der Waals surface area contributed by atoms with Crippen LogP contribution >= 0.6 is 0 Å². The van der Waals surface area contributed by atoms with Crippen molar-refractivity contribution < 1.29 is 0 Å². The maximum Gasteiger partial charge on any atom is 0.000427 e. The Balaban J connectivity index is 3.39. The minimum absolute atomic E-state index is 0.780. The molecule has 2 N–H and O–H groups in total. The fraction of sp³-hybridized carbons (Fsp3) is 1.00. The lowest BCUT2D eigenvalue weighted by Gasteiger charge is -2.22. The van der Waals surface area contributed by atoms with Gasteiger partial charge in [0.05, 0.1) is 0 Å². The summed E-state index contributed by atoms with van der Waals surface area (Å²) in [5, 5.41) is 0. The van der Waals surface area contributed by atoms with E-state index < -0.39 is 0 Å². The van der Waals surface area contributed by atoms with Crippen molar-refractivity contribution in [1.29, 1.82) is 0 Å². The van der Waals surface area contributed by atoms with Gasteiger partial charge in [-0.15, -0.1) is 0 Å². The van der Waals surface area contributed by atoms with Crippen LogP contribution in [-0.2, 0) is 0 Å². The van der Waals surface area contributed by atoms with Gasteiger partial charge in [0, 0.05) is 6.54 Å². The van der Waals surface area contributed by atoms with Crippen LogP contribution in [0.25, 0.3) is 0 Å². The van der Waals surface area contributed by atoms with E-state index in [1.165, 1.54) is 26.1 Å². The number of unbranched alkanes of at least 4 members (excludes halogenated alkanes) is 1. The summed E-state index contributed by atoms with van der Waals surface area (Å²) < 4.78 is 0. The monoisotopic (exact) mass is 172 g/mol. The van der Waals surface area contributed by atoms with Crippen LogP contribution in [0.15, 0.2) is 0 Å². The third kappa shape index (κ3) is 6.62. The maximum absolute atomic E-state index is 5.44. The van der Waals surface area contributed by atoms with Crippen LogP contribution in [0.5, 0.6) is 0 Å². The molecule has 12 heavy (non-hydrogen) atoms. The van der Waals surface area contributed by atoms with Crippen molar-refractivity contribution in [3.05, 3.63) is 0 Å². The third-order valence-corrected chi connectivity index (χ3v) is 2.00. The lowest BCUT2D eigenvalue weighted by atomic mass is 10.2. The molecule has 0 aromatic heterocycles. The minimum Gasteiger partial charge on any atom is -0.330 e. The van der Waals surface area contributed by atoms with E-state index in [9.17, 15) is 0 Å². The number of rotatable bonds is 7. The molecule has 0 heterocycles. The highest BCUT2D eigenvalue weighted by Crippen LogP contribution is 2.00. The number of hydrogen-bond donors (Lipinski definition) is 1. The van der Waals surface area contributed by atoms with Gasteiger partial charge < -0.3 is 10.6 Å². The lowest BCUT2D eigenvalue weighted by molar-refractivity contribution is 0.252. The van der Waals surface area contributed by atoms with Crippen molar-refractivity contribution >= 4 is 0 Å². The maximum atomic E-state index is 5.44. The van der Waals surface area contributed by atoms with E-state index in [0.717, 1.165) is 18.9 Å². The molecule has 0 unspecified atom stereocenters. The van der Waals surface area contributed by atoms with Gasteiger partial charge >= 0.3 is 0 Å². The second-order valence-electron chi connectivity index (χ2n) is 3.78. The zero-order valence-electron chi connectivity index (χ0n) is 8.84. The van der Waals surface area contributed by atoms with E-state index in [2.05, 4.69) is 25.7 Å². The smallest absolute Gasteiger partial charge is 0.000427 e. The van der Waals surface area contributed by atoms with Crippen molar-refractivity contribution in [3.8, 4) is 0 Å². The highest BCUT2D eigenvalue weighted by molar-refractivity contribution is 4.58. The summed E-state index contributed by atoms with van der Waals surface area (Å²) in [5.41, 5.74) is 5.44. The van der Waals surface area contributed by atoms with Gasteiger partial charge in [0.15, 0.2) is 0 Å². The molecule has 0 atom stereocenters. The average molecular weight is 172 g/mol. The molecule has 0 rings (SSSR count). The summed E-state index contributed by atoms with van der Waals surface area (Å²) in [6.07, 6.45) is 2.41. The predicted octanol–water partition coefficient (Wildman–Crippen LogP) is 1.70. The Morgan fingerprint density at radius 1 is 1.25 bits per heavy atom. The van der Waals surface area contributed by atoms with Crippen molar-refractivity contribution in [3.63, 3.8) is 0 Å². The van der Waals surface area contributed by atoms with Crippen LogP contribution in [0.3, 0.4) is 0 Å². The summed E-state index contributed by atoms with van der Waals surface area (Å²) >= 11 is 0. The Hall–Kier alpha value is -0.0800. The molecular formula is C10H24N2. The largest absolute Gasteiger partial charge is 0.330 e. The van der Waals surface area contributed by atoms with E-state index in [-0.39, 0.29) is 0 Å². The van der Waals surface area contributed by atoms with E-state index in [1.807, 2.05) is 0 Å². The van der Waals surface area contributed by atoms with E-state index in [0.29, 0.717) is 0 Å². The fourth-order valence-electron chi connectivity index (χ4n) is 1.37. The zero-order valence-corrected chi connectivity index (χ0v) is 8.84. The Kier molecular flexibility index (Phi) is 7.51. The molecule has 74 valence electrons. The molecule has 0 aliphatic rings. The molecule has 0 aliphatic carbocycles. The Bertz CT molecular complexity index is 91.8. The molecular weight excluding hydrogens is 148 g/mol. The van der Waals surface area contributed by atoms with Crippen LogP contribution in [-0.4, -0.2) is 31.1 Å². The second-order valence-corrected chi connectivity index (χ2v) is 3.78. The molecule has 0 amide bonds. The average Bonchev–Trinajstić information content (AvgIpc) is 2.02. The van der Waals surface area contributed by atoms with Gasteiger partial charge in [-0.05, 0) is 38.4 Å². The first-order valence-corrected chi connectivity index (χ1v) is 5.13. The summed E-state index contributed by atoms with van der Waals surface area (Å²) in [6, 6.07) is 0. The van der Waals surface area contributed by atoms with Gasteiger partial charge in [0.1, 0.15) is 0 Å². The standard InChI is InChI=1S/C10H24N2/c1-4-12(9-10(2)3)8-6-5-7-11/h10H,4-9,11H2,1-3H3. The molecule has 0 aromatic carbocycles. The number of nitrogens with zero attached hydrogens (tertiary/aromatic N) is 1. The van der Waals surface area contributed by atoms with Gasteiger partial charge in [-0.1, -0.05) is 20.8 Å². The Morgan fingerprint density at radius 3 is 2.33 bits per heavy atom. The van der Waals surface area contributed by atoms with Gasteiger partial charge in [0.2, 0.25) is 0 Å². The van der Waals surface area contributed by atoms with Crippen molar-refractivity contribution in [2.45, 2.75) is 33.6 Å². The van der Waals surface area contributed by atoms with E-state index in [4.69, 9.17) is 5.73 Å². The van der Waals surface area contributed by atoms with Gasteiger partial charge in [-0.2, -0.15) is 0 Å². The Morgan fingerprint density at radius 2 is 1.92 bits per heavy atom. The summed E-state index contributed by atoms with van der Waals surface area (Å²) in [7, 11) is 0. The topological polar surface area (TPSA) is 29.3 Å². The third-order valence-electron chi connectivity index (χ3n) is 2.00. The first-order valence-electron chi connectivity index (χ1n) is 5.13. The molecule has 2 heteroatoms. The van der Waals surface area contributed by atoms with Gasteiger partial charge in [-0.25, -0.2) is 0 Å². The highest BCUT2D eigenvalue weighted by atomic mass is 15.1. The van der Waals surface area contributed by atoms with E-state index in [1.54, 1.807) is 0 Å². The molecule has 0 aliphatic heterocycles. The van der Waals surface area contributed by atoms with Crippen LogP contribution in [0, 0.1) is 5.92 Å². The van der Waals surface area contributed by atoms with Crippen molar-refractivity contribution in [2.24, 2.45) is 11.7 Å². The fourth-order valence-corrected chi connectivity index (χ4v) is 1.37. The summed E-state index contributed by atoms with van der Waals surface area (Å²) in [6.45, 7) is 11.2. The molecule has 0 radical (unpaired) electrons. The normalized spacial score (nSPS) is 11.5. The summed E-state index contributed by atoms with van der Waals surface area (Å²) in [4.78, 5) is 2.50. The molecule has 0 spiro atoms. The molecule has 2 nitrogen and oxygen atoms in total. The minimum atomic E-state index is 0.780. The first kappa shape index (κ1) is 11.9. The number of nitrogens with two attached hydrogens (primary N) is 1. The summed E-state index contributed by atoms with van der Waals surface area (Å²) in [5.74, 6) is 0.780. The van der Waals surface area contributed by atoms with Crippen LogP contribution < -0.4 is 5.73 Å². The molecule has 0 saturated heterocycles. The van der Waals surface area contributed by atoms with Crippen LogP contribution in [0.4, 0.5) is 0 Å².